The van der Waals surface area contributed by atoms with E-state index in [1.54, 1.807) is 0 Å². The molecule has 0 amide bonds. The lowest BCUT2D eigenvalue weighted by Gasteiger charge is -2.16. The van der Waals surface area contributed by atoms with Crippen LogP contribution in [0.1, 0.15) is 5.56 Å². The average molecular weight is 318 g/mol. The fourth-order valence-corrected chi connectivity index (χ4v) is 3.72. The van der Waals surface area contributed by atoms with Crippen molar-refractivity contribution < 1.29 is 13.3 Å². The quantitative estimate of drug-likeness (QED) is 0.643. The first-order valence-electron chi connectivity index (χ1n) is 6.72. The predicted molar refractivity (Wildman–Crippen MR) is 84.4 cm³/mol. The number of hydrogen-bond acceptors (Lipinski definition) is 4. The van der Waals surface area contributed by atoms with E-state index in [4.69, 9.17) is 0 Å². The van der Waals surface area contributed by atoms with Crippen molar-refractivity contribution in [3.8, 4) is 11.1 Å². The van der Waals surface area contributed by atoms with Crippen LogP contribution in [0.4, 0.5) is 11.4 Å². The Morgan fingerprint density at radius 3 is 2.41 bits per heavy atom. The van der Waals surface area contributed by atoms with Gasteiger partial charge in [-0.15, -0.1) is 0 Å². The monoisotopic (exact) mass is 318 g/mol. The number of benzene rings is 2. The van der Waals surface area contributed by atoms with Crippen LogP contribution in [0.2, 0.25) is 0 Å². The van der Waals surface area contributed by atoms with Crippen molar-refractivity contribution in [1.29, 1.82) is 0 Å². The van der Waals surface area contributed by atoms with Gasteiger partial charge in [-0.2, -0.15) is 0 Å². The highest BCUT2D eigenvalue weighted by atomic mass is 32.2. The third-order valence-electron chi connectivity index (χ3n) is 3.71. The lowest BCUT2D eigenvalue weighted by molar-refractivity contribution is -0.384. The second-order valence-corrected chi connectivity index (χ2v) is 7.12. The Morgan fingerprint density at radius 1 is 1.14 bits per heavy atom. The van der Waals surface area contributed by atoms with Crippen molar-refractivity contribution in [2.75, 3.05) is 17.1 Å². The van der Waals surface area contributed by atoms with Gasteiger partial charge >= 0.3 is 0 Å². The minimum absolute atomic E-state index is 0.167. The Labute approximate surface area is 128 Å². The summed E-state index contributed by atoms with van der Waals surface area (Å²) in [5, 5.41) is 11.4. The molecule has 0 atom stereocenters. The lowest BCUT2D eigenvalue weighted by Crippen LogP contribution is -2.28. The molecule has 6 nitrogen and oxygen atoms in total. The number of anilines is 1. The van der Waals surface area contributed by atoms with Gasteiger partial charge in [0.25, 0.3) is 5.69 Å². The Morgan fingerprint density at radius 2 is 1.82 bits per heavy atom. The Hall–Kier alpha value is -2.41. The SMILES string of the molecule is CS(=O)(=O)N1CCc2cc(-c3ccccc3)cc([N+](=O)[O-])c21. The summed E-state index contributed by atoms with van der Waals surface area (Å²) in [6.45, 7) is 0.243. The Bertz CT molecular complexity index is 847. The average Bonchev–Trinajstić information content (AvgIpc) is 2.90. The van der Waals surface area contributed by atoms with Gasteiger partial charge in [-0.05, 0) is 29.2 Å². The number of nitrogens with zero attached hydrogens (tertiary/aromatic N) is 2. The molecule has 0 radical (unpaired) electrons. The first-order chi connectivity index (χ1) is 10.4. The highest BCUT2D eigenvalue weighted by molar-refractivity contribution is 7.92. The fraction of sp³-hybridized carbons (Fsp3) is 0.200. The Kier molecular flexibility index (Phi) is 3.37. The molecule has 1 aliphatic rings. The summed E-state index contributed by atoms with van der Waals surface area (Å²) in [5.41, 5.74) is 2.32. The molecule has 3 rings (SSSR count). The van der Waals surface area contributed by atoms with Crippen molar-refractivity contribution in [2.45, 2.75) is 6.42 Å². The van der Waals surface area contributed by atoms with Gasteiger partial charge < -0.3 is 0 Å². The third-order valence-corrected chi connectivity index (χ3v) is 4.87. The molecule has 22 heavy (non-hydrogen) atoms. The third kappa shape index (κ3) is 2.43. The molecule has 2 aromatic carbocycles. The predicted octanol–water partition coefficient (Wildman–Crippen LogP) is 2.58. The molecule has 0 fully saturated rings. The van der Waals surface area contributed by atoms with E-state index in [1.165, 1.54) is 6.07 Å². The number of sulfonamides is 1. The van der Waals surface area contributed by atoms with Crippen molar-refractivity contribution in [3.05, 3.63) is 58.1 Å². The number of rotatable bonds is 3. The first kappa shape index (κ1) is 14.5. The topological polar surface area (TPSA) is 80.5 Å². The van der Waals surface area contributed by atoms with Gasteiger partial charge in [0.1, 0.15) is 5.69 Å². The van der Waals surface area contributed by atoms with Crippen LogP contribution in [0.15, 0.2) is 42.5 Å². The van der Waals surface area contributed by atoms with Crippen molar-refractivity contribution >= 4 is 21.4 Å². The van der Waals surface area contributed by atoms with E-state index < -0.39 is 14.9 Å². The van der Waals surface area contributed by atoms with Gasteiger partial charge in [0.15, 0.2) is 0 Å². The number of nitro groups is 1. The molecule has 1 heterocycles. The van der Waals surface area contributed by atoms with Crippen LogP contribution in [0.5, 0.6) is 0 Å². The summed E-state index contributed by atoms with van der Waals surface area (Å²) in [4.78, 5) is 10.9. The van der Waals surface area contributed by atoms with Crippen LogP contribution < -0.4 is 4.31 Å². The summed E-state index contributed by atoms with van der Waals surface area (Å²) >= 11 is 0. The second-order valence-electron chi connectivity index (χ2n) is 5.21. The first-order valence-corrected chi connectivity index (χ1v) is 8.57. The standard InChI is InChI=1S/C15H14N2O4S/c1-22(20,21)16-8-7-12-9-13(11-5-3-2-4-6-11)10-14(15(12)16)17(18)19/h2-6,9-10H,7-8H2,1H3. The maximum absolute atomic E-state index is 11.8. The van der Waals surface area contributed by atoms with E-state index in [-0.39, 0.29) is 17.9 Å². The molecule has 114 valence electrons. The van der Waals surface area contributed by atoms with Gasteiger partial charge in [-0.25, -0.2) is 8.42 Å². The molecule has 0 unspecified atom stereocenters. The van der Waals surface area contributed by atoms with Crippen LogP contribution in [0.3, 0.4) is 0 Å². The highest BCUT2D eigenvalue weighted by Crippen LogP contribution is 2.41. The summed E-state index contributed by atoms with van der Waals surface area (Å²) in [5.74, 6) is 0. The van der Waals surface area contributed by atoms with Crippen LogP contribution in [-0.4, -0.2) is 26.1 Å². The van der Waals surface area contributed by atoms with E-state index in [9.17, 15) is 18.5 Å². The van der Waals surface area contributed by atoms with E-state index in [1.807, 2.05) is 36.4 Å². The van der Waals surface area contributed by atoms with E-state index >= 15 is 0 Å². The van der Waals surface area contributed by atoms with Crippen LogP contribution in [0.25, 0.3) is 11.1 Å². The van der Waals surface area contributed by atoms with Gasteiger partial charge in [0, 0.05) is 12.6 Å². The van der Waals surface area contributed by atoms with Crippen LogP contribution in [0, 0.1) is 10.1 Å². The molecule has 0 saturated carbocycles. The molecule has 0 aromatic heterocycles. The zero-order valence-corrected chi connectivity index (χ0v) is 12.7. The molecular weight excluding hydrogens is 304 g/mol. The van der Waals surface area contributed by atoms with E-state index in [2.05, 4.69) is 0 Å². The molecule has 1 aliphatic heterocycles. The smallest absolute Gasteiger partial charge is 0.263 e. The molecule has 0 aliphatic carbocycles. The molecule has 0 N–H and O–H groups in total. The normalized spacial score (nSPS) is 14.0. The number of hydrogen-bond donors (Lipinski definition) is 0. The summed E-state index contributed by atoms with van der Waals surface area (Å²) in [7, 11) is -3.52. The van der Waals surface area contributed by atoms with Crippen molar-refractivity contribution in [1.82, 2.24) is 0 Å². The number of nitro benzene ring substituents is 1. The molecule has 2 aromatic rings. The van der Waals surface area contributed by atoms with E-state index in [0.717, 1.165) is 21.7 Å². The number of fused-ring (bicyclic) bond motifs is 1. The van der Waals surface area contributed by atoms with E-state index in [0.29, 0.717) is 12.0 Å². The van der Waals surface area contributed by atoms with Crippen molar-refractivity contribution in [2.24, 2.45) is 0 Å². The van der Waals surface area contributed by atoms with Crippen molar-refractivity contribution in [3.63, 3.8) is 0 Å². The van der Waals surface area contributed by atoms with Gasteiger partial charge in [0.2, 0.25) is 10.0 Å². The molecule has 0 spiro atoms. The Balaban J connectivity index is 2.22. The lowest BCUT2D eigenvalue weighted by atomic mass is 10.0. The maximum Gasteiger partial charge on any atom is 0.294 e. The molecular formula is C15H14N2O4S. The highest BCUT2D eigenvalue weighted by Gasteiger charge is 2.34. The van der Waals surface area contributed by atoms with Crippen LogP contribution in [-0.2, 0) is 16.4 Å². The summed E-state index contributed by atoms with van der Waals surface area (Å²) < 4.78 is 24.8. The maximum atomic E-state index is 11.8. The second kappa shape index (κ2) is 5.10. The molecule has 7 heteroatoms. The minimum atomic E-state index is -3.52. The molecule has 0 bridgehead atoms. The van der Waals surface area contributed by atoms with Gasteiger partial charge in [0.05, 0.1) is 11.2 Å². The molecule has 0 saturated heterocycles. The van der Waals surface area contributed by atoms with Crippen LogP contribution >= 0.6 is 0 Å². The van der Waals surface area contributed by atoms with Gasteiger partial charge in [-0.3, -0.25) is 14.4 Å². The van der Waals surface area contributed by atoms with Gasteiger partial charge in [-0.1, -0.05) is 30.3 Å². The minimum Gasteiger partial charge on any atom is -0.263 e. The zero-order valence-electron chi connectivity index (χ0n) is 11.9. The summed E-state index contributed by atoms with van der Waals surface area (Å²) in [6.07, 6.45) is 1.54. The largest absolute Gasteiger partial charge is 0.294 e. The summed E-state index contributed by atoms with van der Waals surface area (Å²) in [6, 6.07) is 12.6. The zero-order chi connectivity index (χ0) is 15.9. The fourth-order valence-electron chi connectivity index (χ4n) is 2.76.